The smallest absolute Gasteiger partial charge is 0.254 e. The van der Waals surface area contributed by atoms with Crippen molar-refractivity contribution in [2.45, 2.75) is 18.9 Å². The molecule has 1 fully saturated rings. The Morgan fingerprint density at radius 2 is 2.06 bits per heavy atom. The number of carbonyl (C=O) groups is 1. The predicted molar refractivity (Wildman–Crippen MR) is 63.3 cm³/mol. The molecule has 2 rings (SSSR count). The Kier molecular flexibility index (Phi) is 3.60. The highest BCUT2D eigenvalue weighted by Crippen LogP contribution is 2.13. The Bertz CT molecular complexity index is 545. The molecule has 0 atom stereocenters. The minimum atomic E-state index is -2.96. The molecule has 18 heavy (non-hydrogen) atoms. The van der Waals surface area contributed by atoms with Crippen LogP contribution in [-0.2, 0) is 9.84 Å². The van der Waals surface area contributed by atoms with E-state index in [9.17, 15) is 17.6 Å². The summed E-state index contributed by atoms with van der Waals surface area (Å²) < 4.78 is 35.7. The lowest BCUT2D eigenvalue weighted by molar-refractivity contribution is 0.0930. The molecule has 1 aromatic heterocycles. The number of pyridine rings is 1. The summed E-state index contributed by atoms with van der Waals surface area (Å²) in [5.41, 5.74) is -0.0709. The Morgan fingerprint density at radius 3 is 2.67 bits per heavy atom. The van der Waals surface area contributed by atoms with Crippen molar-refractivity contribution in [3.63, 3.8) is 0 Å². The van der Waals surface area contributed by atoms with Crippen LogP contribution < -0.4 is 5.32 Å². The first-order valence-electron chi connectivity index (χ1n) is 5.59. The van der Waals surface area contributed by atoms with Gasteiger partial charge in [0.2, 0.25) is 0 Å². The highest BCUT2D eigenvalue weighted by molar-refractivity contribution is 7.91. The Balaban J connectivity index is 1.99. The van der Waals surface area contributed by atoms with Crippen LogP contribution in [0.2, 0.25) is 0 Å². The Morgan fingerprint density at radius 1 is 1.39 bits per heavy atom. The number of sulfone groups is 1. The van der Waals surface area contributed by atoms with Crippen LogP contribution in [0.4, 0.5) is 4.39 Å². The Hall–Kier alpha value is -1.50. The van der Waals surface area contributed by atoms with E-state index in [1.807, 2.05) is 0 Å². The van der Waals surface area contributed by atoms with E-state index in [0.717, 1.165) is 6.20 Å². The second-order valence-corrected chi connectivity index (χ2v) is 6.56. The van der Waals surface area contributed by atoms with Gasteiger partial charge in [0.15, 0.2) is 5.82 Å². The summed E-state index contributed by atoms with van der Waals surface area (Å²) in [5.74, 6) is -1.08. The SMILES string of the molecule is O=C(NC1CCS(=O)(=O)CC1)c1ccncc1F. The fourth-order valence-electron chi connectivity index (χ4n) is 1.86. The first kappa shape index (κ1) is 12.9. The highest BCUT2D eigenvalue weighted by Gasteiger charge is 2.25. The predicted octanol–water partition coefficient (Wildman–Crippen LogP) is 0.528. The number of rotatable bonds is 2. The molecule has 98 valence electrons. The van der Waals surface area contributed by atoms with Crippen molar-refractivity contribution in [3.05, 3.63) is 29.8 Å². The minimum Gasteiger partial charge on any atom is -0.349 e. The van der Waals surface area contributed by atoms with Crippen molar-refractivity contribution in [2.24, 2.45) is 0 Å². The third-order valence-corrected chi connectivity index (χ3v) is 4.62. The van der Waals surface area contributed by atoms with E-state index in [0.29, 0.717) is 12.8 Å². The second kappa shape index (κ2) is 5.01. The van der Waals surface area contributed by atoms with Crippen molar-refractivity contribution in [1.82, 2.24) is 10.3 Å². The van der Waals surface area contributed by atoms with Gasteiger partial charge in [0.05, 0.1) is 23.3 Å². The molecule has 0 aromatic carbocycles. The molecule has 1 saturated heterocycles. The maximum Gasteiger partial charge on any atom is 0.254 e. The van der Waals surface area contributed by atoms with Crippen molar-refractivity contribution < 1.29 is 17.6 Å². The number of aromatic nitrogens is 1. The Labute approximate surface area is 104 Å². The summed E-state index contributed by atoms with van der Waals surface area (Å²) in [6, 6.07) is 1.08. The van der Waals surface area contributed by atoms with Crippen LogP contribution in [0, 0.1) is 5.82 Å². The van der Waals surface area contributed by atoms with Gasteiger partial charge in [-0.3, -0.25) is 9.78 Å². The molecule has 1 N–H and O–H groups in total. The normalized spacial score (nSPS) is 19.4. The van der Waals surface area contributed by atoms with Gasteiger partial charge in [0, 0.05) is 12.2 Å². The largest absolute Gasteiger partial charge is 0.349 e. The average molecular weight is 272 g/mol. The lowest BCUT2D eigenvalue weighted by Gasteiger charge is -2.23. The van der Waals surface area contributed by atoms with Gasteiger partial charge in [-0.15, -0.1) is 0 Å². The molecule has 0 radical (unpaired) electrons. The number of halogens is 1. The molecule has 0 saturated carbocycles. The van der Waals surface area contributed by atoms with Crippen molar-refractivity contribution in [1.29, 1.82) is 0 Å². The number of nitrogens with zero attached hydrogens (tertiary/aromatic N) is 1. The first-order chi connectivity index (χ1) is 8.48. The van der Waals surface area contributed by atoms with E-state index in [1.54, 1.807) is 0 Å². The third kappa shape index (κ3) is 3.04. The van der Waals surface area contributed by atoms with Crippen LogP contribution in [-0.4, -0.2) is 36.9 Å². The summed E-state index contributed by atoms with van der Waals surface area (Å²) in [5, 5.41) is 2.64. The number of amides is 1. The van der Waals surface area contributed by atoms with Crippen LogP contribution in [0.1, 0.15) is 23.2 Å². The zero-order valence-corrected chi connectivity index (χ0v) is 10.4. The number of carbonyl (C=O) groups excluding carboxylic acids is 1. The molecular formula is C11H13FN2O3S. The van der Waals surface area contributed by atoms with E-state index in [4.69, 9.17) is 0 Å². The molecule has 1 aliphatic heterocycles. The minimum absolute atomic E-state index is 0.0662. The van der Waals surface area contributed by atoms with Crippen LogP contribution in [0.15, 0.2) is 18.5 Å². The molecule has 0 unspecified atom stereocenters. The van der Waals surface area contributed by atoms with Gasteiger partial charge in [-0.05, 0) is 18.9 Å². The quantitative estimate of drug-likeness (QED) is 0.852. The number of hydrogen-bond donors (Lipinski definition) is 1. The van der Waals surface area contributed by atoms with E-state index < -0.39 is 21.6 Å². The van der Waals surface area contributed by atoms with Gasteiger partial charge in [0.1, 0.15) is 9.84 Å². The molecule has 7 heteroatoms. The summed E-state index contributed by atoms with van der Waals surface area (Å²) in [4.78, 5) is 15.3. The zero-order valence-electron chi connectivity index (χ0n) is 9.60. The van der Waals surface area contributed by atoms with Gasteiger partial charge in [0.25, 0.3) is 5.91 Å². The van der Waals surface area contributed by atoms with Gasteiger partial charge >= 0.3 is 0 Å². The van der Waals surface area contributed by atoms with Crippen LogP contribution >= 0.6 is 0 Å². The third-order valence-electron chi connectivity index (χ3n) is 2.91. The molecule has 1 aliphatic rings. The summed E-state index contributed by atoms with van der Waals surface area (Å²) in [6.45, 7) is 0. The van der Waals surface area contributed by atoms with Crippen molar-refractivity contribution >= 4 is 15.7 Å². The molecule has 0 spiro atoms. The molecule has 1 aromatic rings. The average Bonchev–Trinajstić information content (AvgIpc) is 2.32. The second-order valence-electron chi connectivity index (χ2n) is 4.26. The van der Waals surface area contributed by atoms with E-state index in [2.05, 4.69) is 10.3 Å². The molecule has 0 bridgehead atoms. The summed E-state index contributed by atoms with van der Waals surface area (Å²) in [7, 11) is -2.96. The monoisotopic (exact) mass is 272 g/mol. The van der Waals surface area contributed by atoms with Crippen LogP contribution in [0.25, 0.3) is 0 Å². The van der Waals surface area contributed by atoms with Crippen LogP contribution in [0.5, 0.6) is 0 Å². The molecule has 0 aliphatic carbocycles. The maximum absolute atomic E-state index is 13.3. The van der Waals surface area contributed by atoms with Crippen molar-refractivity contribution in [2.75, 3.05) is 11.5 Å². The van der Waals surface area contributed by atoms with Gasteiger partial charge in [-0.1, -0.05) is 0 Å². The topological polar surface area (TPSA) is 76.1 Å². The van der Waals surface area contributed by atoms with Gasteiger partial charge in [-0.2, -0.15) is 0 Å². The van der Waals surface area contributed by atoms with Gasteiger partial charge < -0.3 is 5.32 Å². The number of hydrogen-bond acceptors (Lipinski definition) is 4. The number of nitrogens with one attached hydrogen (secondary N) is 1. The molecular weight excluding hydrogens is 259 g/mol. The standard InChI is InChI=1S/C11H13FN2O3S/c12-10-7-13-4-1-9(10)11(15)14-8-2-5-18(16,17)6-3-8/h1,4,7-8H,2-3,5-6H2,(H,14,15). The molecule has 2 heterocycles. The molecule has 5 nitrogen and oxygen atoms in total. The van der Waals surface area contributed by atoms with Crippen molar-refractivity contribution in [3.8, 4) is 0 Å². The maximum atomic E-state index is 13.3. The zero-order chi connectivity index (χ0) is 13.2. The van der Waals surface area contributed by atoms with Crippen LogP contribution in [0.3, 0.4) is 0 Å². The van der Waals surface area contributed by atoms with E-state index >= 15 is 0 Å². The van der Waals surface area contributed by atoms with Gasteiger partial charge in [-0.25, -0.2) is 12.8 Å². The lowest BCUT2D eigenvalue weighted by Crippen LogP contribution is -2.41. The fourth-order valence-corrected chi connectivity index (χ4v) is 3.35. The lowest BCUT2D eigenvalue weighted by atomic mass is 10.1. The fraction of sp³-hybridized carbons (Fsp3) is 0.455. The first-order valence-corrected chi connectivity index (χ1v) is 7.41. The highest BCUT2D eigenvalue weighted by atomic mass is 32.2. The van der Waals surface area contributed by atoms with E-state index in [1.165, 1.54) is 12.3 Å². The van der Waals surface area contributed by atoms with E-state index in [-0.39, 0.29) is 23.1 Å². The molecule has 1 amide bonds. The summed E-state index contributed by atoms with van der Waals surface area (Å²) in [6.07, 6.45) is 3.06. The summed E-state index contributed by atoms with van der Waals surface area (Å²) >= 11 is 0.